The first-order chi connectivity index (χ1) is 8.69. The van der Waals surface area contributed by atoms with Crippen molar-refractivity contribution in [3.8, 4) is 6.07 Å². The summed E-state index contributed by atoms with van der Waals surface area (Å²) >= 11 is 0. The van der Waals surface area contributed by atoms with Gasteiger partial charge in [0.25, 0.3) is 0 Å². The van der Waals surface area contributed by atoms with Crippen LogP contribution in [0.3, 0.4) is 0 Å². The van der Waals surface area contributed by atoms with Crippen LogP contribution in [-0.4, -0.2) is 30.9 Å². The SMILES string of the molecule is N#Cc1cccc(NC(=O)C2CNC(=O)CN2)c1. The van der Waals surface area contributed by atoms with Gasteiger partial charge in [-0.15, -0.1) is 0 Å². The van der Waals surface area contributed by atoms with Crippen molar-refractivity contribution in [3.05, 3.63) is 29.8 Å². The topological polar surface area (TPSA) is 94.0 Å². The Morgan fingerprint density at radius 1 is 1.50 bits per heavy atom. The lowest BCUT2D eigenvalue weighted by Gasteiger charge is -2.23. The molecule has 6 nitrogen and oxygen atoms in total. The van der Waals surface area contributed by atoms with E-state index >= 15 is 0 Å². The third-order valence-corrected chi connectivity index (χ3v) is 2.59. The third-order valence-electron chi connectivity index (χ3n) is 2.59. The Morgan fingerprint density at radius 2 is 2.33 bits per heavy atom. The fourth-order valence-corrected chi connectivity index (χ4v) is 1.65. The Kier molecular flexibility index (Phi) is 3.55. The monoisotopic (exact) mass is 244 g/mol. The molecule has 1 aromatic rings. The van der Waals surface area contributed by atoms with E-state index in [0.717, 1.165) is 0 Å². The number of rotatable bonds is 2. The zero-order valence-electron chi connectivity index (χ0n) is 9.56. The highest BCUT2D eigenvalue weighted by Gasteiger charge is 2.23. The number of benzene rings is 1. The van der Waals surface area contributed by atoms with Gasteiger partial charge in [-0.1, -0.05) is 6.07 Å². The normalized spacial score (nSPS) is 18.6. The van der Waals surface area contributed by atoms with Crippen LogP contribution in [0.1, 0.15) is 5.56 Å². The van der Waals surface area contributed by atoms with Gasteiger partial charge in [-0.25, -0.2) is 0 Å². The van der Waals surface area contributed by atoms with Gasteiger partial charge in [-0.3, -0.25) is 14.9 Å². The molecule has 6 heteroatoms. The van der Waals surface area contributed by atoms with Gasteiger partial charge >= 0.3 is 0 Å². The van der Waals surface area contributed by atoms with Crippen LogP contribution in [0.4, 0.5) is 5.69 Å². The molecule has 0 spiro atoms. The largest absolute Gasteiger partial charge is 0.353 e. The molecule has 2 rings (SSSR count). The van der Waals surface area contributed by atoms with Crippen LogP contribution < -0.4 is 16.0 Å². The van der Waals surface area contributed by atoms with Gasteiger partial charge in [-0.05, 0) is 18.2 Å². The predicted octanol–water partition coefficient (Wildman–Crippen LogP) is -0.415. The van der Waals surface area contributed by atoms with Gasteiger partial charge in [0.15, 0.2) is 0 Å². The molecule has 18 heavy (non-hydrogen) atoms. The second-order valence-electron chi connectivity index (χ2n) is 3.92. The maximum Gasteiger partial charge on any atom is 0.243 e. The van der Waals surface area contributed by atoms with Crippen molar-refractivity contribution in [1.82, 2.24) is 10.6 Å². The number of nitrogens with zero attached hydrogens (tertiary/aromatic N) is 1. The number of nitriles is 1. The number of nitrogens with one attached hydrogen (secondary N) is 3. The molecule has 1 unspecified atom stereocenters. The molecule has 3 N–H and O–H groups in total. The molecule has 0 saturated carbocycles. The van der Waals surface area contributed by atoms with E-state index in [1.165, 1.54) is 0 Å². The fraction of sp³-hybridized carbons (Fsp3) is 0.250. The van der Waals surface area contributed by atoms with Crippen LogP contribution in [0.2, 0.25) is 0 Å². The van der Waals surface area contributed by atoms with Crippen LogP contribution in [0.25, 0.3) is 0 Å². The quantitative estimate of drug-likeness (QED) is 0.659. The average Bonchev–Trinajstić information content (AvgIpc) is 2.39. The molecular weight excluding hydrogens is 232 g/mol. The highest BCUT2D eigenvalue weighted by molar-refractivity contribution is 5.96. The van der Waals surface area contributed by atoms with Crippen LogP contribution >= 0.6 is 0 Å². The first-order valence-electron chi connectivity index (χ1n) is 5.50. The molecular formula is C12H12N4O2. The van der Waals surface area contributed by atoms with Crippen molar-refractivity contribution in [1.29, 1.82) is 5.26 Å². The zero-order valence-corrected chi connectivity index (χ0v) is 9.56. The summed E-state index contributed by atoms with van der Waals surface area (Å²) in [7, 11) is 0. The molecule has 1 atom stereocenters. The highest BCUT2D eigenvalue weighted by Crippen LogP contribution is 2.10. The number of anilines is 1. The van der Waals surface area contributed by atoms with Crippen molar-refractivity contribution in [3.63, 3.8) is 0 Å². The van der Waals surface area contributed by atoms with Crippen LogP contribution in [0.5, 0.6) is 0 Å². The van der Waals surface area contributed by atoms with Gasteiger partial charge in [0.1, 0.15) is 6.04 Å². The number of piperazine rings is 1. The maximum absolute atomic E-state index is 11.9. The van der Waals surface area contributed by atoms with Crippen LogP contribution in [0.15, 0.2) is 24.3 Å². The lowest BCUT2D eigenvalue weighted by molar-refractivity contribution is -0.124. The summed E-state index contributed by atoms with van der Waals surface area (Å²) in [6.45, 7) is 0.402. The Hall–Kier alpha value is -2.39. The molecule has 1 aliphatic rings. The van der Waals surface area contributed by atoms with E-state index in [0.29, 0.717) is 11.3 Å². The van der Waals surface area contributed by atoms with E-state index in [4.69, 9.17) is 5.26 Å². The summed E-state index contributed by atoms with van der Waals surface area (Å²) in [5.41, 5.74) is 1.05. The molecule has 0 radical (unpaired) electrons. The van der Waals surface area contributed by atoms with Crippen molar-refractivity contribution >= 4 is 17.5 Å². The average molecular weight is 244 g/mol. The van der Waals surface area contributed by atoms with E-state index in [-0.39, 0.29) is 24.9 Å². The Bertz CT molecular complexity index is 511. The molecule has 1 saturated heterocycles. The van der Waals surface area contributed by atoms with E-state index < -0.39 is 6.04 Å². The van der Waals surface area contributed by atoms with Crippen molar-refractivity contribution in [2.75, 3.05) is 18.4 Å². The van der Waals surface area contributed by atoms with Crippen molar-refractivity contribution in [2.45, 2.75) is 6.04 Å². The number of amides is 2. The third kappa shape index (κ3) is 2.84. The molecule has 0 aromatic heterocycles. The Balaban J connectivity index is 1.98. The van der Waals surface area contributed by atoms with Gasteiger partial charge < -0.3 is 10.6 Å². The summed E-state index contributed by atoms with van der Waals surface area (Å²) in [6.07, 6.45) is 0. The number of carbonyl (C=O) groups is 2. The van der Waals surface area contributed by atoms with Gasteiger partial charge in [0.2, 0.25) is 11.8 Å². The van der Waals surface area contributed by atoms with E-state index in [2.05, 4.69) is 16.0 Å². The van der Waals surface area contributed by atoms with Gasteiger partial charge in [0.05, 0.1) is 18.2 Å². The first kappa shape index (κ1) is 12.1. The van der Waals surface area contributed by atoms with Crippen LogP contribution in [0, 0.1) is 11.3 Å². The lowest BCUT2D eigenvalue weighted by atomic mass is 10.2. The second kappa shape index (κ2) is 5.29. The lowest BCUT2D eigenvalue weighted by Crippen LogP contribution is -2.56. The molecule has 1 aromatic carbocycles. The second-order valence-corrected chi connectivity index (χ2v) is 3.92. The summed E-state index contributed by atoms with van der Waals surface area (Å²) in [5, 5.41) is 16.9. The molecule has 1 heterocycles. The zero-order chi connectivity index (χ0) is 13.0. The Labute approximate surface area is 104 Å². The number of hydrogen-bond donors (Lipinski definition) is 3. The first-order valence-corrected chi connectivity index (χ1v) is 5.50. The molecule has 92 valence electrons. The minimum atomic E-state index is -0.451. The molecule has 0 aliphatic carbocycles. The standard InChI is InChI=1S/C12H12N4O2/c13-5-8-2-1-3-9(4-8)16-12(18)10-6-15-11(17)7-14-10/h1-4,10,14H,6-7H2,(H,15,17)(H,16,18). The minimum absolute atomic E-state index is 0.120. The molecule has 1 aliphatic heterocycles. The number of hydrogen-bond acceptors (Lipinski definition) is 4. The highest BCUT2D eigenvalue weighted by atomic mass is 16.2. The molecule has 2 amide bonds. The van der Waals surface area contributed by atoms with Gasteiger partial charge in [0, 0.05) is 12.2 Å². The predicted molar refractivity (Wildman–Crippen MR) is 64.6 cm³/mol. The van der Waals surface area contributed by atoms with Crippen molar-refractivity contribution < 1.29 is 9.59 Å². The molecule has 0 bridgehead atoms. The summed E-state index contributed by atoms with van der Waals surface area (Å²) < 4.78 is 0. The van der Waals surface area contributed by atoms with Crippen LogP contribution in [-0.2, 0) is 9.59 Å². The fourth-order valence-electron chi connectivity index (χ4n) is 1.65. The number of carbonyl (C=O) groups excluding carboxylic acids is 2. The van der Waals surface area contributed by atoms with E-state index in [9.17, 15) is 9.59 Å². The molecule has 1 fully saturated rings. The minimum Gasteiger partial charge on any atom is -0.353 e. The summed E-state index contributed by atoms with van der Waals surface area (Å²) in [5.74, 6) is -0.351. The summed E-state index contributed by atoms with van der Waals surface area (Å²) in [6, 6.07) is 8.22. The summed E-state index contributed by atoms with van der Waals surface area (Å²) in [4.78, 5) is 22.8. The smallest absolute Gasteiger partial charge is 0.243 e. The van der Waals surface area contributed by atoms with Gasteiger partial charge in [-0.2, -0.15) is 5.26 Å². The van der Waals surface area contributed by atoms with Crippen molar-refractivity contribution in [2.24, 2.45) is 0 Å². The Morgan fingerprint density at radius 3 is 3.00 bits per heavy atom. The maximum atomic E-state index is 11.9. The van der Waals surface area contributed by atoms with E-state index in [1.54, 1.807) is 24.3 Å². The van der Waals surface area contributed by atoms with E-state index in [1.807, 2.05) is 6.07 Å².